The van der Waals surface area contributed by atoms with Crippen molar-refractivity contribution in [3.05, 3.63) is 93.0 Å². The molecule has 0 heterocycles. The molecule has 0 aliphatic rings. The molecule has 0 saturated heterocycles. The van der Waals surface area contributed by atoms with E-state index in [1.807, 2.05) is 0 Å². The second-order valence-electron chi connectivity index (χ2n) is 6.68. The number of nitro benzene ring substituents is 2. The maximum atomic E-state index is 11.0. The summed E-state index contributed by atoms with van der Waals surface area (Å²) in [5, 5.41) is 21.9. The molecule has 0 unspecified atom stereocenters. The Morgan fingerprint density at radius 2 is 0.800 bits per heavy atom. The topological polar surface area (TPSA) is 201 Å². The Balaban J connectivity index is 0.000000240. The summed E-state index contributed by atoms with van der Waals surface area (Å²) < 4.78 is 66.0. The van der Waals surface area contributed by atoms with Crippen LogP contribution in [-0.4, -0.2) is 58.8 Å². The summed E-state index contributed by atoms with van der Waals surface area (Å²) in [4.78, 5) is 19.4. The molecule has 0 aliphatic carbocycles. The molecular weight excluding hydrogens is 517 g/mol. The maximum absolute atomic E-state index is 11.0. The minimum atomic E-state index is -4.64. The van der Waals surface area contributed by atoms with E-state index in [9.17, 15) is 46.2 Å². The van der Waals surface area contributed by atoms with Gasteiger partial charge in [-0.15, -0.1) is 0 Å². The zero-order valence-electron chi connectivity index (χ0n) is 17.4. The molecule has 176 valence electrons. The first-order valence-corrected chi connectivity index (χ1v) is 11.9. The van der Waals surface area contributed by atoms with Crippen LogP contribution < -0.4 is 0 Å². The molecule has 4 rings (SSSR count). The Morgan fingerprint density at radius 1 is 0.514 bits per heavy atom. The Bertz CT molecular complexity index is 1550. The molecule has 35 heavy (non-hydrogen) atoms. The first-order valence-electron chi connectivity index (χ1n) is 9.06. The van der Waals surface area contributed by atoms with Crippen LogP contribution in [-0.2, 0) is 20.2 Å². The molecule has 0 aromatic heterocycles. The van der Waals surface area contributed by atoms with Crippen LogP contribution in [0.4, 0.5) is 11.4 Å². The van der Waals surface area contributed by atoms with Crippen molar-refractivity contribution in [2.75, 3.05) is 0 Å². The maximum Gasteiger partial charge on any atom is 2.00 e. The van der Waals surface area contributed by atoms with Crippen molar-refractivity contribution >= 4 is 76.2 Å². The number of nitrogens with zero attached hydrogens (tertiary/aromatic N) is 2. The third-order valence-corrected chi connectivity index (χ3v) is 6.44. The Labute approximate surface area is 214 Å². The molecule has 4 aromatic rings. The monoisotopic (exact) mass is 528 g/mol. The SMILES string of the molecule is O=[N+]([O-])c1cccc2c(S(=O)(=O)[O-])cccc12.O=[N+]([O-])c1cccc2c(S(=O)(=O)[O-])cccc12.[Mg+2]. The predicted octanol–water partition coefficient (Wildman–Crippen LogP) is 2.92. The molecule has 0 fully saturated rings. The summed E-state index contributed by atoms with van der Waals surface area (Å²) in [5.74, 6) is 0. The quantitative estimate of drug-likeness (QED) is 0.164. The average Bonchev–Trinajstić information content (AvgIpc) is 2.76. The van der Waals surface area contributed by atoms with Crippen LogP contribution in [0.1, 0.15) is 0 Å². The smallest absolute Gasteiger partial charge is 0.744 e. The van der Waals surface area contributed by atoms with Gasteiger partial charge in [0.15, 0.2) is 0 Å². The first-order chi connectivity index (χ1) is 15.8. The predicted molar refractivity (Wildman–Crippen MR) is 123 cm³/mol. The van der Waals surface area contributed by atoms with E-state index in [1.165, 1.54) is 60.7 Å². The number of rotatable bonds is 4. The van der Waals surface area contributed by atoms with Crippen LogP contribution >= 0.6 is 0 Å². The van der Waals surface area contributed by atoms with Crippen LogP contribution in [0, 0.1) is 20.2 Å². The molecule has 4 aromatic carbocycles. The molecular formula is C20H12MgN2O10S2. The van der Waals surface area contributed by atoms with E-state index in [-0.39, 0.29) is 56.0 Å². The molecule has 0 aliphatic heterocycles. The van der Waals surface area contributed by atoms with E-state index in [4.69, 9.17) is 0 Å². The van der Waals surface area contributed by atoms with Gasteiger partial charge in [0.2, 0.25) is 0 Å². The number of hydrogen-bond acceptors (Lipinski definition) is 10. The molecule has 0 amide bonds. The standard InChI is InChI=1S/2C10H7NO5S.Mg/c2*12-11(13)9-5-1-4-8-7(9)3-2-6-10(8)17(14,15)16;/h2*1-6H,(H,14,15,16);/q;;+2/p-2. The first kappa shape index (κ1) is 28.0. The number of fused-ring (bicyclic) bond motifs is 2. The average molecular weight is 529 g/mol. The van der Waals surface area contributed by atoms with E-state index < -0.39 is 39.9 Å². The fourth-order valence-corrected chi connectivity index (χ4v) is 4.67. The summed E-state index contributed by atoms with van der Waals surface area (Å²) in [7, 11) is -9.29. The zero-order valence-corrected chi connectivity index (χ0v) is 20.5. The molecule has 0 atom stereocenters. The van der Waals surface area contributed by atoms with Crippen molar-refractivity contribution in [1.82, 2.24) is 0 Å². The van der Waals surface area contributed by atoms with Gasteiger partial charge in [0.1, 0.15) is 20.2 Å². The van der Waals surface area contributed by atoms with Crippen molar-refractivity contribution in [3.63, 3.8) is 0 Å². The van der Waals surface area contributed by atoms with Gasteiger partial charge in [-0.05, 0) is 24.3 Å². The largest absolute Gasteiger partial charge is 2.00 e. The van der Waals surface area contributed by atoms with Gasteiger partial charge < -0.3 is 9.11 Å². The van der Waals surface area contributed by atoms with Crippen LogP contribution in [0.15, 0.2) is 82.6 Å². The van der Waals surface area contributed by atoms with Crippen molar-refractivity contribution in [1.29, 1.82) is 0 Å². The van der Waals surface area contributed by atoms with Crippen molar-refractivity contribution < 1.29 is 35.8 Å². The zero-order chi connectivity index (χ0) is 25.3. The van der Waals surface area contributed by atoms with Gasteiger partial charge in [0, 0.05) is 22.9 Å². The van der Waals surface area contributed by atoms with Gasteiger partial charge in [-0.1, -0.05) is 36.4 Å². The molecule has 0 saturated carbocycles. The Kier molecular flexibility index (Phi) is 8.48. The van der Waals surface area contributed by atoms with E-state index in [0.29, 0.717) is 0 Å². The van der Waals surface area contributed by atoms with Crippen LogP contribution in [0.25, 0.3) is 21.5 Å². The van der Waals surface area contributed by atoms with Gasteiger partial charge in [-0.2, -0.15) is 0 Å². The molecule has 15 heteroatoms. The molecule has 0 radical (unpaired) electrons. The summed E-state index contributed by atoms with van der Waals surface area (Å²) in [6.45, 7) is 0. The van der Waals surface area contributed by atoms with Gasteiger partial charge in [0.05, 0.1) is 30.4 Å². The van der Waals surface area contributed by atoms with Gasteiger partial charge in [0.25, 0.3) is 11.4 Å². The third-order valence-electron chi connectivity index (χ3n) is 4.65. The molecule has 0 bridgehead atoms. The number of benzene rings is 4. The summed E-state index contributed by atoms with van der Waals surface area (Å²) in [5.41, 5.74) is -0.457. The number of hydrogen-bond donors (Lipinski definition) is 0. The molecule has 12 nitrogen and oxygen atoms in total. The van der Waals surface area contributed by atoms with Crippen molar-refractivity contribution in [3.8, 4) is 0 Å². The summed E-state index contributed by atoms with van der Waals surface area (Å²) in [6.07, 6.45) is 0. The Morgan fingerprint density at radius 3 is 1.09 bits per heavy atom. The van der Waals surface area contributed by atoms with Crippen LogP contribution in [0.5, 0.6) is 0 Å². The van der Waals surface area contributed by atoms with Crippen molar-refractivity contribution in [2.45, 2.75) is 9.79 Å². The second-order valence-corrected chi connectivity index (χ2v) is 9.38. The summed E-state index contributed by atoms with van der Waals surface area (Å²) in [6, 6.07) is 15.6. The molecule has 0 N–H and O–H groups in total. The number of non-ortho nitro benzene ring substituents is 2. The van der Waals surface area contributed by atoms with Gasteiger partial charge in [-0.3, -0.25) is 20.2 Å². The van der Waals surface area contributed by atoms with E-state index in [1.54, 1.807) is 0 Å². The van der Waals surface area contributed by atoms with E-state index in [2.05, 4.69) is 0 Å². The molecule has 0 spiro atoms. The van der Waals surface area contributed by atoms with Crippen molar-refractivity contribution in [2.24, 2.45) is 0 Å². The normalized spacial score (nSPS) is 11.3. The van der Waals surface area contributed by atoms with Crippen LogP contribution in [0.3, 0.4) is 0 Å². The van der Waals surface area contributed by atoms with E-state index in [0.717, 1.165) is 12.1 Å². The summed E-state index contributed by atoms with van der Waals surface area (Å²) >= 11 is 0. The second kappa shape index (κ2) is 10.6. The van der Waals surface area contributed by atoms with Crippen LogP contribution in [0.2, 0.25) is 0 Å². The van der Waals surface area contributed by atoms with Gasteiger partial charge in [-0.25, -0.2) is 16.8 Å². The fraction of sp³-hybridized carbons (Fsp3) is 0. The van der Waals surface area contributed by atoms with Gasteiger partial charge >= 0.3 is 23.1 Å². The Hall–Kier alpha value is -3.21. The number of nitro groups is 2. The van der Waals surface area contributed by atoms with E-state index >= 15 is 0 Å². The minimum absolute atomic E-state index is 0. The fourth-order valence-electron chi connectivity index (χ4n) is 3.28. The third kappa shape index (κ3) is 6.08. The minimum Gasteiger partial charge on any atom is -0.744 e.